The van der Waals surface area contributed by atoms with E-state index < -0.39 is 37.3 Å². The van der Waals surface area contributed by atoms with E-state index in [2.05, 4.69) is 16.2 Å². The first kappa shape index (κ1) is 14.5. The van der Waals surface area contributed by atoms with E-state index in [1.807, 2.05) is 0 Å². The Balaban J connectivity index is 2.71. The number of rotatable bonds is 4. The standard InChI is InChI=1S/C8H17N3O5S/c1-9-7(17)10-11-8(3-13)6(15)5(14)4(2-12)16-8/h4-6,11-15H,2-3H2,1H3,(H2,9,10,17)/t4-,5-,6+,8-/m1/s1. The summed E-state index contributed by atoms with van der Waals surface area (Å²) < 4.78 is 5.21. The van der Waals surface area contributed by atoms with Crippen LogP contribution >= 0.6 is 12.2 Å². The molecule has 9 heteroatoms. The van der Waals surface area contributed by atoms with E-state index in [0.29, 0.717) is 0 Å². The lowest BCUT2D eigenvalue weighted by molar-refractivity contribution is -0.142. The number of hydrogen-bond acceptors (Lipinski definition) is 7. The second kappa shape index (κ2) is 5.87. The smallest absolute Gasteiger partial charge is 0.187 e. The Labute approximate surface area is 104 Å². The monoisotopic (exact) mass is 267 g/mol. The Morgan fingerprint density at radius 2 is 2.06 bits per heavy atom. The second-order valence-corrected chi connectivity index (χ2v) is 4.06. The highest BCUT2D eigenvalue weighted by Crippen LogP contribution is 2.28. The average molecular weight is 267 g/mol. The number of nitrogens with one attached hydrogen (secondary N) is 3. The van der Waals surface area contributed by atoms with Crippen molar-refractivity contribution in [1.82, 2.24) is 16.2 Å². The topological polar surface area (TPSA) is 126 Å². The van der Waals surface area contributed by atoms with Gasteiger partial charge in [-0.1, -0.05) is 0 Å². The molecule has 4 atom stereocenters. The van der Waals surface area contributed by atoms with Gasteiger partial charge in [0.15, 0.2) is 10.8 Å². The van der Waals surface area contributed by atoms with E-state index in [-0.39, 0.29) is 5.11 Å². The molecule has 0 aromatic carbocycles. The molecule has 0 unspecified atom stereocenters. The Morgan fingerprint density at radius 1 is 1.41 bits per heavy atom. The van der Waals surface area contributed by atoms with Crippen LogP contribution in [0.1, 0.15) is 0 Å². The lowest BCUT2D eigenvalue weighted by Crippen LogP contribution is -2.63. The molecule has 7 N–H and O–H groups in total. The number of hydrogen-bond donors (Lipinski definition) is 7. The third-order valence-corrected chi connectivity index (χ3v) is 2.88. The number of hydrazine groups is 1. The minimum Gasteiger partial charge on any atom is -0.394 e. The van der Waals surface area contributed by atoms with E-state index in [4.69, 9.17) is 22.1 Å². The molecular weight excluding hydrogens is 250 g/mol. The fourth-order valence-electron chi connectivity index (χ4n) is 1.53. The highest BCUT2D eigenvalue weighted by atomic mass is 32.1. The van der Waals surface area contributed by atoms with E-state index in [1.165, 1.54) is 0 Å². The van der Waals surface area contributed by atoms with Crippen LogP contribution < -0.4 is 16.2 Å². The van der Waals surface area contributed by atoms with Crippen molar-refractivity contribution in [3.05, 3.63) is 0 Å². The minimum atomic E-state index is -1.62. The highest BCUT2D eigenvalue weighted by molar-refractivity contribution is 7.80. The van der Waals surface area contributed by atoms with Gasteiger partial charge in [-0.05, 0) is 12.2 Å². The molecule has 1 rings (SSSR count). The van der Waals surface area contributed by atoms with Crippen LogP contribution in [-0.4, -0.2) is 69.8 Å². The van der Waals surface area contributed by atoms with Crippen LogP contribution in [-0.2, 0) is 4.74 Å². The van der Waals surface area contributed by atoms with Crippen LogP contribution in [0, 0.1) is 0 Å². The summed E-state index contributed by atoms with van der Waals surface area (Å²) in [5, 5.41) is 40.4. The lowest BCUT2D eigenvalue weighted by Gasteiger charge is -2.31. The first-order valence-electron chi connectivity index (χ1n) is 5.01. The zero-order valence-electron chi connectivity index (χ0n) is 9.25. The normalized spacial score (nSPS) is 36.9. The summed E-state index contributed by atoms with van der Waals surface area (Å²) >= 11 is 4.80. The van der Waals surface area contributed by atoms with Gasteiger partial charge in [0.1, 0.15) is 18.3 Å². The molecule has 8 nitrogen and oxygen atoms in total. The van der Waals surface area contributed by atoms with Gasteiger partial charge in [0.2, 0.25) is 0 Å². The second-order valence-electron chi connectivity index (χ2n) is 3.65. The van der Waals surface area contributed by atoms with Crippen LogP contribution in [0.15, 0.2) is 0 Å². The zero-order valence-corrected chi connectivity index (χ0v) is 10.1. The third kappa shape index (κ3) is 2.83. The molecule has 1 saturated heterocycles. The maximum Gasteiger partial charge on any atom is 0.187 e. The number of thiocarbonyl (C=S) groups is 1. The first-order valence-corrected chi connectivity index (χ1v) is 5.42. The summed E-state index contributed by atoms with van der Waals surface area (Å²) in [6.07, 6.45) is -3.68. The number of ether oxygens (including phenoxy) is 1. The van der Waals surface area contributed by atoms with Crippen molar-refractivity contribution in [1.29, 1.82) is 0 Å². The van der Waals surface area contributed by atoms with Crippen LogP contribution in [0.5, 0.6) is 0 Å². The van der Waals surface area contributed by atoms with Crippen molar-refractivity contribution in [3.63, 3.8) is 0 Å². The van der Waals surface area contributed by atoms with Gasteiger partial charge in [-0.3, -0.25) is 5.43 Å². The van der Waals surface area contributed by atoms with Crippen LogP contribution in [0.2, 0.25) is 0 Å². The molecule has 1 heterocycles. The summed E-state index contributed by atoms with van der Waals surface area (Å²) in [4.78, 5) is 0. The van der Waals surface area contributed by atoms with Gasteiger partial charge in [-0.25, -0.2) is 0 Å². The van der Waals surface area contributed by atoms with Crippen molar-refractivity contribution in [2.45, 2.75) is 24.0 Å². The molecular formula is C8H17N3O5S. The summed E-state index contributed by atoms with van der Waals surface area (Å²) in [7, 11) is 1.58. The molecule has 17 heavy (non-hydrogen) atoms. The maximum atomic E-state index is 9.78. The van der Waals surface area contributed by atoms with Crippen molar-refractivity contribution >= 4 is 17.3 Å². The molecule has 0 bridgehead atoms. The highest BCUT2D eigenvalue weighted by Gasteiger charge is 2.54. The maximum absolute atomic E-state index is 9.78. The van der Waals surface area contributed by atoms with Gasteiger partial charge in [0.05, 0.1) is 13.2 Å². The molecule has 0 amide bonds. The fraction of sp³-hybridized carbons (Fsp3) is 0.875. The molecule has 0 radical (unpaired) electrons. The number of aliphatic hydroxyl groups excluding tert-OH is 4. The van der Waals surface area contributed by atoms with Gasteiger partial charge >= 0.3 is 0 Å². The summed E-state index contributed by atoms with van der Waals surface area (Å²) in [5.74, 6) is 0. The van der Waals surface area contributed by atoms with E-state index >= 15 is 0 Å². The molecule has 0 aliphatic carbocycles. The van der Waals surface area contributed by atoms with Gasteiger partial charge < -0.3 is 30.5 Å². The zero-order chi connectivity index (χ0) is 13.1. The van der Waals surface area contributed by atoms with Crippen molar-refractivity contribution in [2.24, 2.45) is 0 Å². The molecule has 0 aromatic rings. The van der Waals surface area contributed by atoms with Gasteiger partial charge in [0.25, 0.3) is 0 Å². The Hall–Kier alpha value is -0.550. The summed E-state index contributed by atoms with van der Waals surface area (Å²) in [5.41, 5.74) is 3.37. The van der Waals surface area contributed by atoms with Crippen molar-refractivity contribution < 1.29 is 25.2 Å². The summed E-state index contributed by atoms with van der Waals surface area (Å²) in [6, 6.07) is 0. The van der Waals surface area contributed by atoms with Gasteiger partial charge in [-0.15, -0.1) is 0 Å². The van der Waals surface area contributed by atoms with Crippen LogP contribution in [0.3, 0.4) is 0 Å². The first-order chi connectivity index (χ1) is 8.00. The largest absolute Gasteiger partial charge is 0.394 e. The Kier molecular flexibility index (Phi) is 5.01. The predicted octanol–water partition coefficient (Wildman–Crippen LogP) is -3.61. The summed E-state index contributed by atoms with van der Waals surface area (Å²) in [6.45, 7) is -1.08. The minimum absolute atomic E-state index is 0.218. The molecule has 1 aliphatic rings. The fourth-order valence-corrected chi connectivity index (χ4v) is 1.58. The molecule has 100 valence electrons. The Morgan fingerprint density at radius 3 is 2.47 bits per heavy atom. The SMILES string of the molecule is CNC(=S)NN[C@]1(CO)O[C@H](CO)[C@@H](O)[C@@H]1O. The third-order valence-electron chi connectivity index (χ3n) is 2.57. The van der Waals surface area contributed by atoms with E-state index in [9.17, 15) is 15.3 Å². The van der Waals surface area contributed by atoms with Crippen molar-refractivity contribution in [2.75, 3.05) is 20.3 Å². The molecule has 0 spiro atoms. The Bertz CT molecular complexity index is 282. The molecule has 0 saturated carbocycles. The molecule has 0 aromatic heterocycles. The van der Waals surface area contributed by atoms with Gasteiger partial charge in [0, 0.05) is 7.05 Å². The molecule has 1 aliphatic heterocycles. The predicted molar refractivity (Wildman–Crippen MR) is 61.7 cm³/mol. The van der Waals surface area contributed by atoms with Crippen LogP contribution in [0.4, 0.5) is 0 Å². The van der Waals surface area contributed by atoms with Crippen LogP contribution in [0.25, 0.3) is 0 Å². The quantitative estimate of drug-likeness (QED) is 0.204. The van der Waals surface area contributed by atoms with Gasteiger partial charge in [-0.2, -0.15) is 5.43 Å². The number of aliphatic hydroxyl groups is 4. The van der Waals surface area contributed by atoms with E-state index in [0.717, 1.165) is 0 Å². The average Bonchev–Trinajstić information content (AvgIpc) is 2.60. The molecule has 1 fully saturated rings. The lowest BCUT2D eigenvalue weighted by atomic mass is 10.0. The van der Waals surface area contributed by atoms with E-state index in [1.54, 1.807) is 7.05 Å². The van der Waals surface area contributed by atoms with Crippen molar-refractivity contribution in [3.8, 4) is 0 Å².